The average molecular weight is 211 g/mol. The smallest absolute Gasteiger partial charge is 0.133 e. The molecular weight excluding hydrogens is 198 g/mol. The molecule has 0 unspecified atom stereocenters. The van der Waals surface area contributed by atoms with Gasteiger partial charge in [-0.1, -0.05) is 42.5 Å². The molecular formula is C10H13NS2. The van der Waals surface area contributed by atoms with E-state index in [1.165, 1.54) is 5.56 Å². The van der Waals surface area contributed by atoms with Crippen molar-refractivity contribution < 1.29 is 0 Å². The molecule has 0 saturated heterocycles. The van der Waals surface area contributed by atoms with Crippen molar-refractivity contribution >= 4 is 29.2 Å². The van der Waals surface area contributed by atoms with Crippen molar-refractivity contribution in [2.75, 3.05) is 6.54 Å². The number of thiol groups is 1. The number of hydrogen-bond donors (Lipinski definition) is 1. The van der Waals surface area contributed by atoms with E-state index in [4.69, 9.17) is 12.2 Å². The van der Waals surface area contributed by atoms with E-state index in [1.807, 2.05) is 23.1 Å². The first-order valence-electron chi connectivity index (χ1n) is 4.26. The van der Waals surface area contributed by atoms with Crippen molar-refractivity contribution in [1.82, 2.24) is 4.90 Å². The lowest BCUT2D eigenvalue weighted by molar-refractivity contribution is 0.451. The highest BCUT2D eigenvalue weighted by Crippen LogP contribution is 2.06. The van der Waals surface area contributed by atoms with Crippen LogP contribution in [0.25, 0.3) is 0 Å². The van der Waals surface area contributed by atoms with Crippen LogP contribution in [-0.4, -0.2) is 15.8 Å². The van der Waals surface area contributed by atoms with Crippen molar-refractivity contribution in [2.24, 2.45) is 0 Å². The zero-order valence-electron chi connectivity index (χ0n) is 7.60. The third-order valence-corrected chi connectivity index (χ3v) is 2.41. The van der Waals surface area contributed by atoms with Gasteiger partial charge in [-0.05, 0) is 12.5 Å². The van der Waals surface area contributed by atoms with Gasteiger partial charge in [0, 0.05) is 13.1 Å². The fraction of sp³-hybridized carbons (Fsp3) is 0.300. The van der Waals surface area contributed by atoms with Crippen molar-refractivity contribution in [3.05, 3.63) is 35.9 Å². The van der Waals surface area contributed by atoms with E-state index >= 15 is 0 Å². The summed E-state index contributed by atoms with van der Waals surface area (Å²) in [7, 11) is 0. The van der Waals surface area contributed by atoms with Crippen molar-refractivity contribution in [2.45, 2.75) is 13.5 Å². The molecule has 0 N–H and O–H groups in total. The van der Waals surface area contributed by atoms with E-state index in [1.54, 1.807) is 0 Å². The first-order valence-corrected chi connectivity index (χ1v) is 5.11. The molecule has 0 aromatic heterocycles. The molecule has 13 heavy (non-hydrogen) atoms. The van der Waals surface area contributed by atoms with Crippen molar-refractivity contribution in [3.8, 4) is 0 Å². The maximum Gasteiger partial charge on any atom is 0.133 e. The van der Waals surface area contributed by atoms with E-state index < -0.39 is 0 Å². The van der Waals surface area contributed by atoms with E-state index in [2.05, 4.69) is 31.7 Å². The Kier molecular flexibility index (Phi) is 4.25. The van der Waals surface area contributed by atoms with Crippen LogP contribution < -0.4 is 0 Å². The van der Waals surface area contributed by atoms with Crippen LogP contribution in [0.4, 0.5) is 0 Å². The molecule has 0 aliphatic heterocycles. The molecule has 0 amide bonds. The molecule has 1 rings (SSSR count). The Bertz CT molecular complexity index is 272. The normalized spacial score (nSPS) is 9.69. The Hall–Kier alpha value is -0.540. The van der Waals surface area contributed by atoms with Gasteiger partial charge < -0.3 is 4.90 Å². The molecule has 1 aromatic carbocycles. The number of thiocarbonyl (C=S) groups is 1. The standard InChI is InChI=1S/C10H13NS2/c1-2-11(10(12)13)8-9-6-4-3-5-7-9/h3-7H,2,8H2,1H3,(H,12,13). The van der Waals surface area contributed by atoms with Crippen LogP contribution in [-0.2, 0) is 6.54 Å². The third-order valence-electron chi connectivity index (χ3n) is 1.87. The molecule has 0 bridgehead atoms. The second-order valence-corrected chi connectivity index (χ2v) is 3.90. The largest absolute Gasteiger partial charge is 0.354 e. The van der Waals surface area contributed by atoms with Gasteiger partial charge in [0.25, 0.3) is 0 Å². The van der Waals surface area contributed by atoms with Crippen LogP contribution >= 0.6 is 24.8 Å². The monoisotopic (exact) mass is 211 g/mol. The fourth-order valence-corrected chi connectivity index (χ4v) is 1.52. The highest BCUT2D eigenvalue weighted by molar-refractivity contribution is 8.10. The zero-order valence-corrected chi connectivity index (χ0v) is 9.31. The summed E-state index contributed by atoms with van der Waals surface area (Å²) in [5.41, 5.74) is 1.26. The predicted octanol–water partition coefficient (Wildman–Crippen LogP) is 2.72. The molecule has 0 heterocycles. The highest BCUT2D eigenvalue weighted by Gasteiger charge is 2.03. The summed E-state index contributed by atoms with van der Waals surface area (Å²) in [4.78, 5) is 2.05. The Morgan fingerprint density at radius 2 is 2.00 bits per heavy atom. The maximum atomic E-state index is 5.01. The average Bonchev–Trinajstić information content (AvgIpc) is 2.15. The molecule has 0 aliphatic carbocycles. The van der Waals surface area contributed by atoms with Crippen LogP contribution in [0.1, 0.15) is 12.5 Å². The quantitative estimate of drug-likeness (QED) is 0.605. The van der Waals surface area contributed by atoms with Gasteiger partial charge >= 0.3 is 0 Å². The van der Waals surface area contributed by atoms with Crippen LogP contribution in [0.3, 0.4) is 0 Å². The Labute approximate surface area is 90.2 Å². The molecule has 0 atom stereocenters. The van der Waals surface area contributed by atoms with Gasteiger partial charge in [0.15, 0.2) is 0 Å². The minimum absolute atomic E-state index is 0.659. The molecule has 0 spiro atoms. The number of hydrogen-bond acceptors (Lipinski definition) is 1. The van der Waals surface area contributed by atoms with Gasteiger partial charge in [-0.3, -0.25) is 0 Å². The van der Waals surface area contributed by atoms with Gasteiger partial charge in [-0.2, -0.15) is 0 Å². The van der Waals surface area contributed by atoms with Crippen LogP contribution in [0.2, 0.25) is 0 Å². The van der Waals surface area contributed by atoms with E-state index in [9.17, 15) is 0 Å². The Balaban J connectivity index is 2.62. The van der Waals surface area contributed by atoms with Crippen molar-refractivity contribution in [3.63, 3.8) is 0 Å². The summed E-state index contributed by atoms with van der Waals surface area (Å²) in [6, 6.07) is 10.3. The van der Waals surface area contributed by atoms with Crippen LogP contribution in [0.5, 0.6) is 0 Å². The Morgan fingerprint density at radius 3 is 2.46 bits per heavy atom. The second kappa shape index (κ2) is 5.25. The van der Waals surface area contributed by atoms with Gasteiger partial charge in [-0.25, -0.2) is 0 Å². The molecule has 0 aliphatic rings. The van der Waals surface area contributed by atoms with Gasteiger partial charge in [0.05, 0.1) is 0 Å². The fourth-order valence-electron chi connectivity index (χ4n) is 1.12. The van der Waals surface area contributed by atoms with E-state index in [-0.39, 0.29) is 0 Å². The van der Waals surface area contributed by atoms with Gasteiger partial charge in [0.2, 0.25) is 0 Å². The maximum absolute atomic E-state index is 5.01. The SMILES string of the molecule is CCN(Cc1ccccc1)C(=S)S. The summed E-state index contributed by atoms with van der Waals surface area (Å²) in [6.45, 7) is 3.82. The predicted molar refractivity (Wildman–Crippen MR) is 64.1 cm³/mol. The second-order valence-electron chi connectivity index (χ2n) is 2.78. The molecule has 0 saturated carbocycles. The molecule has 3 heteroatoms. The van der Waals surface area contributed by atoms with E-state index in [0.717, 1.165) is 13.1 Å². The first kappa shape index (κ1) is 10.5. The molecule has 1 nitrogen and oxygen atoms in total. The molecule has 1 aromatic rings. The topological polar surface area (TPSA) is 3.24 Å². The number of benzene rings is 1. The minimum atomic E-state index is 0.659. The van der Waals surface area contributed by atoms with E-state index in [0.29, 0.717) is 4.32 Å². The highest BCUT2D eigenvalue weighted by atomic mass is 32.1. The summed E-state index contributed by atoms with van der Waals surface area (Å²) in [5.74, 6) is 0. The van der Waals surface area contributed by atoms with Gasteiger partial charge in [0.1, 0.15) is 4.32 Å². The van der Waals surface area contributed by atoms with Crippen LogP contribution in [0.15, 0.2) is 30.3 Å². The van der Waals surface area contributed by atoms with Gasteiger partial charge in [-0.15, -0.1) is 12.6 Å². The molecule has 0 fully saturated rings. The molecule has 70 valence electrons. The lowest BCUT2D eigenvalue weighted by Crippen LogP contribution is -2.24. The zero-order chi connectivity index (χ0) is 9.68. The number of nitrogens with zero attached hydrogens (tertiary/aromatic N) is 1. The minimum Gasteiger partial charge on any atom is -0.354 e. The molecule has 0 radical (unpaired) electrons. The first-order chi connectivity index (χ1) is 6.24. The van der Waals surface area contributed by atoms with Crippen molar-refractivity contribution in [1.29, 1.82) is 0 Å². The third kappa shape index (κ3) is 3.36. The van der Waals surface area contributed by atoms with Crippen LogP contribution in [0, 0.1) is 0 Å². The lowest BCUT2D eigenvalue weighted by Gasteiger charge is -2.20. The number of rotatable bonds is 3. The lowest BCUT2D eigenvalue weighted by atomic mass is 10.2. The Morgan fingerprint density at radius 1 is 1.38 bits per heavy atom. The summed E-state index contributed by atoms with van der Waals surface area (Å²) < 4.78 is 0.659. The summed E-state index contributed by atoms with van der Waals surface area (Å²) in [5, 5.41) is 0. The summed E-state index contributed by atoms with van der Waals surface area (Å²) >= 11 is 9.17. The summed E-state index contributed by atoms with van der Waals surface area (Å²) in [6.07, 6.45) is 0.